The van der Waals surface area contributed by atoms with Crippen LogP contribution in [0.3, 0.4) is 0 Å². The van der Waals surface area contributed by atoms with Gasteiger partial charge in [-0.3, -0.25) is 14.3 Å². The zero-order valence-electron chi connectivity index (χ0n) is 11.1. The predicted molar refractivity (Wildman–Crippen MR) is 81.6 cm³/mol. The molecule has 2 N–H and O–H groups in total. The van der Waals surface area contributed by atoms with Crippen LogP contribution in [0.2, 0.25) is 5.02 Å². The van der Waals surface area contributed by atoms with Crippen molar-refractivity contribution in [2.24, 2.45) is 0 Å². The number of halogens is 1. The van der Waals surface area contributed by atoms with E-state index in [9.17, 15) is 14.7 Å². The highest BCUT2D eigenvalue weighted by Crippen LogP contribution is 2.25. The van der Waals surface area contributed by atoms with Crippen molar-refractivity contribution in [3.63, 3.8) is 0 Å². The fraction of sp³-hybridized carbons (Fsp3) is 0.0667. The number of H-pyrrole nitrogens is 1. The summed E-state index contributed by atoms with van der Waals surface area (Å²) >= 11 is 5.98. The van der Waals surface area contributed by atoms with Crippen molar-refractivity contribution in [3.8, 4) is 11.4 Å². The topological polar surface area (TPSA) is 75.1 Å². The van der Waals surface area contributed by atoms with Gasteiger partial charge in [-0.05, 0) is 37.3 Å². The van der Waals surface area contributed by atoms with Crippen LogP contribution in [0.1, 0.15) is 5.56 Å². The molecule has 2 aromatic carbocycles. The molecule has 3 aromatic rings. The summed E-state index contributed by atoms with van der Waals surface area (Å²) < 4.78 is 1.33. The van der Waals surface area contributed by atoms with Gasteiger partial charge in [0.05, 0.1) is 16.6 Å². The van der Waals surface area contributed by atoms with E-state index in [1.54, 1.807) is 37.3 Å². The highest BCUT2D eigenvalue weighted by atomic mass is 35.5. The van der Waals surface area contributed by atoms with Crippen LogP contribution in [0.5, 0.6) is 5.75 Å². The van der Waals surface area contributed by atoms with Gasteiger partial charge in [0, 0.05) is 10.6 Å². The maximum atomic E-state index is 12.2. The number of nitrogens with zero attached hydrogens (tertiary/aromatic N) is 1. The number of rotatable bonds is 1. The van der Waals surface area contributed by atoms with Crippen LogP contribution in [0.4, 0.5) is 0 Å². The van der Waals surface area contributed by atoms with E-state index in [1.807, 2.05) is 0 Å². The Bertz CT molecular complexity index is 973. The van der Waals surface area contributed by atoms with Gasteiger partial charge in [-0.1, -0.05) is 17.7 Å². The number of benzene rings is 2. The number of hydrogen-bond donors (Lipinski definition) is 2. The molecule has 0 saturated heterocycles. The Morgan fingerprint density at radius 3 is 2.71 bits per heavy atom. The van der Waals surface area contributed by atoms with Crippen LogP contribution in [-0.4, -0.2) is 14.7 Å². The average Bonchev–Trinajstić information content (AvgIpc) is 2.43. The minimum Gasteiger partial charge on any atom is -0.508 e. The van der Waals surface area contributed by atoms with E-state index < -0.39 is 11.2 Å². The van der Waals surface area contributed by atoms with E-state index >= 15 is 0 Å². The van der Waals surface area contributed by atoms with Gasteiger partial charge >= 0.3 is 5.69 Å². The molecule has 0 amide bonds. The number of phenols is 1. The Morgan fingerprint density at radius 2 is 1.95 bits per heavy atom. The molecule has 0 atom stereocenters. The fourth-order valence-corrected chi connectivity index (χ4v) is 2.47. The van der Waals surface area contributed by atoms with Gasteiger partial charge in [0.2, 0.25) is 0 Å². The lowest BCUT2D eigenvalue weighted by Gasteiger charge is -2.13. The quantitative estimate of drug-likeness (QED) is 0.724. The van der Waals surface area contributed by atoms with Gasteiger partial charge in [0.25, 0.3) is 5.56 Å². The van der Waals surface area contributed by atoms with Gasteiger partial charge in [-0.25, -0.2) is 4.79 Å². The first-order valence-corrected chi connectivity index (χ1v) is 6.60. The van der Waals surface area contributed by atoms with Crippen molar-refractivity contribution in [2.75, 3.05) is 0 Å². The van der Waals surface area contributed by atoms with Crippen molar-refractivity contribution in [2.45, 2.75) is 6.92 Å². The van der Waals surface area contributed by atoms with Crippen LogP contribution in [-0.2, 0) is 0 Å². The summed E-state index contributed by atoms with van der Waals surface area (Å²) in [7, 11) is 0. The van der Waals surface area contributed by atoms with Crippen LogP contribution < -0.4 is 11.2 Å². The van der Waals surface area contributed by atoms with Crippen molar-refractivity contribution in [1.82, 2.24) is 9.55 Å². The first-order valence-electron chi connectivity index (χ1n) is 6.22. The van der Waals surface area contributed by atoms with E-state index in [0.717, 1.165) is 0 Å². The SMILES string of the molecule is Cc1c(O)cccc1-n1c(=O)[nH]c(=O)c2ccc(Cl)cc21. The van der Waals surface area contributed by atoms with Crippen LogP contribution in [0.15, 0.2) is 46.0 Å². The van der Waals surface area contributed by atoms with E-state index in [-0.39, 0.29) is 5.75 Å². The lowest BCUT2D eigenvalue weighted by atomic mass is 10.1. The molecule has 0 saturated carbocycles. The molecule has 0 aliphatic rings. The van der Waals surface area contributed by atoms with Crippen molar-refractivity contribution in [1.29, 1.82) is 0 Å². The highest BCUT2D eigenvalue weighted by Gasteiger charge is 2.12. The van der Waals surface area contributed by atoms with Crippen LogP contribution in [0, 0.1) is 6.92 Å². The molecule has 0 aliphatic heterocycles. The minimum absolute atomic E-state index is 0.0702. The van der Waals surface area contributed by atoms with E-state index in [0.29, 0.717) is 27.2 Å². The van der Waals surface area contributed by atoms with Crippen molar-refractivity contribution < 1.29 is 5.11 Å². The van der Waals surface area contributed by atoms with Crippen LogP contribution >= 0.6 is 11.6 Å². The third kappa shape index (κ3) is 2.11. The maximum Gasteiger partial charge on any atom is 0.333 e. The number of nitrogens with one attached hydrogen (secondary N) is 1. The fourth-order valence-electron chi connectivity index (χ4n) is 2.30. The molecule has 21 heavy (non-hydrogen) atoms. The Hall–Kier alpha value is -2.53. The lowest BCUT2D eigenvalue weighted by molar-refractivity contribution is 0.470. The zero-order valence-corrected chi connectivity index (χ0v) is 11.8. The molecule has 0 aliphatic carbocycles. The Labute approximate surface area is 124 Å². The Morgan fingerprint density at radius 1 is 1.19 bits per heavy atom. The molecular weight excluding hydrogens is 292 g/mol. The number of fused-ring (bicyclic) bond motifs is 1. The van der Waals surface area contributed by atoms with Crippen molar-refractivity contribution >= 4 is 22.5 Å². The van der Waals surface area contributed by atoms with Gasteiger partial charge < -0.3 is 5.11 Å². The highest BCUT2D eigenvalue weighted by molar-refractivity contribution is 6.31. The summed E-state index contributed by atoms with van der Waals surface area (Å²) in [5, 5.41) is 10.6. The third-order valence-electron chi connectivity index (χ3n) is 3.39. The molecule has 3 rings (SSSR count). The number of hydrogen-bond acceptors (Lipinski definition) is 3. The molecule has 1 heterocycles. The molecule has 0 radical (unpaired) electrons. The first-order chi connectivity index (χ1) is 9.99. The molecular formula is C15H11ClN2O3. The molecule has 6 heteroatoms. The third-order valence-corrected chi connectivity index (χ3v) is 3.62. The van der Waals surface area contributed by atoms with Gasteiger partial charge in [-0.15, -0.1) is 0 Å². The maximum absolute atomic E-state index is 12.2. The summed E-state index contributed by atoms with van der Waals surface area (Å²) in [5.74, 6) is 0.0702. The second-order valence-electron chi connectivity index (χ2n) is 4.68. The van der Waals surface area contributed by atoms with Crippen molar-refractivity contribution in [3.05, 3.63) is 67.8 Å². The smallest absolute Gasteiger partial charge is 0.333 e. The number of aromatic hydroxyl groups is 1. The molecule has 5 nitrogen and oxygen atoms in total. The van der Waals surface area contributed by atoms with Gasteiger partial charge in [0.1, 0.15) is 5.75 Å². The summed E-state index contributed by atoms with van der Waals surface area (Å²) in [5.41, 5.74) is 0.366. The summed E-state index contributed by atoms with van der Waals surface area (Å²) in [4.78, 5) is 26.4. The Kier molecular flexibility index (Phi) is 3.07. The number of phenolic OH excluding ortho intramolecular Hbond substituents is 1. The molecule has 0 fully saturated rings. The van der Waals surface area contributed by atoms with Gasteiger partial charge in [0.15, 0.2) is 0 Å². The zero-order chi connectivity index (χ0) is 15.1. The second-order valence-corrected chi connectivity index (χ2v) is 5.11. The number of aromatic nitrogens is 2. The molecule has 0 unspecified atom stereocenters. The van der Waals surface area contributed by atoms with Gasteiger partial charge in [-0.2, -0.15) is 0 Å². The number of aromatic amines is 1. The second kappa shape index (κ2) is 4.79. The minimum atomic E-state index is -0.580. The summed E-state index contributed by atoms with van der Waals surface area (Å²) in [6.45, 7) is 1.69. The molecule has 0 spiro atoms. The predicted octanol–water partition coefficient (Wildman–Crippen LogP) is 2.35. The molecule has 0 bridgehead atoms. The normalized spacial score (nSPS) is 11.0. The summed E-state index contributed by atoms with van der Waals surface area (Å²) in [6.07, 6.45) is 0. The lowest BCUT2D eigenvalue weighted by Crippen LogP contribution is -2.29. The van der Waals surface area contributed by atoms with E-state index in [1.165, 1.54) is 10.6 Å². The first kappa shape index (κ1) is 13.5. The summed E-state index contributed by atoms with van der Waals surface area (Å²) in [6, 6.07) is 9.55. The van der Waals surface area contributed by atoms with E-state index in [2.05, 4.69) is 4.98 Å². The average molecular weight is 303 g/mol. The van der Waals surface area contributed by atoms with E-state index in [4.69, 9.17) is 11.6 Å². The monoisotopic (exact) mass is 302 g/mol. The van der Waals surface area contributed by atoms with Crippen LogP contribution in [0.25, 0.3) is 16.6 Å². The Balaban J connectivity index is 2.53. The molecule has 1 aromatic heterocycles. The standard InChI is InChI=1S/C15H11ClN2O3/c1-8-11(3-2-4-13(8)19)18-12-7-9(16)5-6-10(12)14(20)17-15(18)21/h2-7,19H,1H3,(H,17,20,21). The molecule has 106 valence electrons. The largest absolute Gasteiger partial charge is 0.508 e.